The molecule has 0 bridgehead atoms. The predicted molar refractivity (Wildman–Crippen MR) is 116 cm³/mol. The molecule has 0 aliphatic heterocycles. The van der Waals surface area contributed by atoms with Gasteiger partial charge in [-0.2, -0.15) is 0 Å². The first-order valence-corrected chi connectivity index (χ1v) is 10.9. The lowest BCUT2D eigenvalue weighted by molar-refractivity contribution is -0.143. The van der Waals surface area contributed by atoms with E-state index in [-0.39, 0.29) is 18.6 Å². The second-order valence-corrected chi connectivity index (χ2v) is 8.21. The van der Waals surface area contributed by atoms with Crippen LogP contribution in [0.2, 0.25) is 0 Å². The molecule has 1 amide bonds. The van der Waals surface area contributed by atoms with Crippen LogP contribution in [0.5, 0.6) is 5.75 Å². The van der Waals surface area contributed by atoms with Gasteiger partial charge in [0.1, 0.15) is 23.7 Å². The summed E-state index contributed by atoms with van der Waals surface area (Å²) in [6, 6.07) is 3.61. The van der Waals surface area contributed by atoms with Crippen LogP contribution in [0.15, 0.2) is 12.1 Å². The Morgan fingerprint density at radius 2 is 2.09 bits per heavy atom. The zero-order valence-electron chi connectivity index (χ0n) is 19.1. The van der Waals surface area contributed by atoms with E-state index in [1.165, 1.54) is 4.90 Å². The molecule has 0 aromatic carbocycles. The average molecular weight is 446 g/mol. The first-order chi connectivity index (χ1) is 15.3. The van der Waals surface area contributed by atoms with Gasteiger partial charge in [-0.3, -0.25) is 4.79 Å². The van der Waals surface area contributed by atoms with E-state index in [9.17, 15) is 14.7 Å². The van der Waals surface area contributed by atoms with Crippen LogP contribution in [0.1, 0.15) is 50.4 Å². The van der Waals surface area contributed by atoms with Gasteiger partial charge in [-0.15, -0.1) is 5.10 Å². The van der Waals surface area contributed by atoms with Crippen molar-refractivity contribution in [1.82, 2.24) is 24.9 Å². The first-order valence-electron chi connectivity index (χ1n) is 10.9. The van der Waals surface area contributed by atoms with Crippen LogP contribution in [-0.2, 0) is 23.2 Å². The van der Waals surface area contributed by atoms with Crippen LogP contribution in [0.3, 0.4) is 0 Å². The zero-order chi connectivity index (χ0) is 23.3. The van der Waals surface area contributed by atoms with E-state index < -0.39 is 12.1 Å². The predicted octanol–water partition coefficient (Wildman–Crippen LogP) is 3.19. The summed E-state index contributed by atoms with van der Waals surface area (Å²) in [6.07, 6.45) is 3.17. The van der Waals surface area contributed by atoms with Crippen LogP contribution < -0.4 is 4.74 Å². The number of aromatic nitrogens is 4. The maximum Gasteiger partial charge on any atom is 0.409 e. The number of nitrogens with zero attached hydrogens (tertiary/aromatic N) is 5. The summed E-state index contributed by atoms with van der Waals surface area (Å²) in [7, 11) is 3.44. The van der Waals surface area contributed by atoms with Gasteiger partial charge in [0.2, 0.25) is 0 Å². The molecular formula is C22H31N5O5. The van der Waals surface area contributed by atoms with Crippen molar-refractivity contribution in [3.8, 4) is 17.1 Å². The lowest BCUT2D eigenvalue weighted by Crippen LogP contribution is -2.29. The summed E-state index contributed by atoms with van der Waals surface area (Å²) in [5, 5.41) is 17.5. The van der Waals surface area contributed by atoms with Crippen molar-refractivity contribution in [3.63, 3.8) is 0 Å². The topological polar surface area (TPSA) is 120 Å². The van der Waals surface area contributed by atoms with E-state index >= 15 is 0 Å². The lowest BCUT2D eigenvalue weighted by Gasteiger charge is -2.27. The van der Waals surface area contributed by atoms with Crippen molar-refractivity contribution in [2.24, 2.45) is 13.0 Å². The van der Waals surface area contributed by atoms with Crippen molar-refractivity contribution in [2.45, 2.75) is 58.7 Å². The molecular weight excluding hydrogens is 414 g/mol. The fourth-order valence-corrected chi connectivity index (χ4v) is 3.87. The van der Waals surface area contributed by atoms with Crippen LogP contribution in [0, 0.1) is 12.8 Å². The molecule has 2 aromatic rings. The highest BCUT2D eigenvalue weighted by atomic mass is 16.6. The highest BCUT2D eigenvalue weighted by molar-refractivity contribution is 5.70. The molecule has 0 saturated heterocycles. The molecule has 10 heteroatoms. The van der Waals surface area contributed by atoms with E-state index in [0.29, 0.717) is 47.9 Å². The fourth-order valence-electron chi connectivity index (χ4n) is 3.87. The third kappa shape index (κ3) is 5.54. The molecule has 1 saturated carbocycles. The largest absolute Gasteiger partial charge is 0.489 e. The van der Waals surface area contributed by atoms with Crippen molar-refractivity contribution < 1.29 is 24.2 Å². The van der Waals surface area contributed by atoms with E-state index in [1.54, 1.807) is 24.8 Å². The summed E-state index contributed by atoms with van der Waals surface area (Å²) in [5.41, 5.74) is 2.45. The number of carboxylic acids is 1. The number of carbonyl (C=O) groups is 2. The minimum absolute atomic E-state index is 0.0311. The molecule has 32 heavy (non-hydrogen) atoms. The van der Waals surface area contributed by atoms with Gasteiger partial charge in [-0.1, -0.05) is 12.1 Å². The van der Waals surface area contributed by atoms with Gasteiger partial charge >= 0.3 is 12.1 Å². The number of hydrogen-bond donors (Lipinski definition) is 1. The summed E-state index contributed by atoms with van der Waals surface area (Å²) < 4.78 is 13.1. The Morgan fingerprint density at radius 3 is 2.78 bits per heavy atom. The SMILES string of the molecule is CCCN(C)C(=O)OCc1c(-c2ccc(OC3CCCC(C(=O)O)C3)c(C)n2)nnn1C. The number of ether oxygens (including phenoxy) is 2. The molecule has 1 N–H and O–H groups in total. The second-order valence-electron chi connectivity index (χ2n) is 8.21. The Balaban J connectivity index is 1.71. The number of pyridine rings is 1. The Morgan fingerprint density at radius 1 is 1.31 bits per heavy atom. The molecule has 2 heterocycles. The Kier molecular flexibility index (Phi) is 7.66. The molecule has 1 fully saturated rings. The number of aliphatic carboxylic acids is 1. The molecule has 1 aliphatic rings. The number of rotatable bonds is 8. The van der Waals surface area contributed by atoms with Crippen molar-refractivity contribution in [2.75, 3.05) is 13.6 Å². The minimum atomic E-state index is -0.764. The molecule has 174 valence electrons. The normalized spacial score (nSPS) is 18.2. The molecule has 2 unspecified atom stereocenters. The summed E-state index contributed by atoms with van der Waals surface area (Å²) in [5.74, 6) is -0.495. The Hall–Kier alpha value is -3.17. The maximum atomic E-state index is 12.1. The molecule has 3 rings (SSSR count). The first kappa shape index (κ1) is 23.5. The van der Waals surface area contributed by atoms with Gasteiger partial charge in [-0.25, -0.2) is 14.5 Å². The van der Waals surface area contributed by atoms with Gasteiger partial charge in [0, 0.05) is 20.6 Å². The third-order valence-electron chi connectivity index (χ3n) is 5.69. The number of aryl methyl sites for hydroxylation is 2. The number of hydrogen-bond acceptors (Lipinski definition) is 7. The van der Waals surface area contributed by atoms with E-state index in [2.05, 4.69) is 15.3 Å². The fraction of sp³-hybridized carbons (Fsp3) is 0.591. The van der Waals surface area contributed by atoms with Crippen LogP contribution in [0.25, 0.3) is 11.4 Å². The molecule has 0 radical (unpaired) electrons. The molecule has 1 aliphatic carbocycles. The van der Waals surface area contributed by atoms with Crippen molar-refractivity contribution >= 4 is 12.1 Å². The number of carboxylic acid groups (broad SMARTS) is 1. The van der Waals surface area contributed by atoms with E-state index in [1.807, 2.05) is 19.9 Å². The monoisotopic (exact) mass is 445 g/mol. The quantitative estimate of drug-likeness (QED) is 0.658. The van der Waals surface area contributed by atoms with Crippen LogP contribution >= 0.6 is 0 Å². The van der Waals surface area contributed by atoms with E-state index in [0.717, 1.165) is 19.3 Å². The number of amides is 1. The van der Waals surface area contributed by atoms with Gasteiger partial charge in [0.25, 0.3) is 0 Å². The summed E-state index contributed by atoms with van der Waals surface area (Å²) >= 11 is 0. The van der Waals surface area contributed by atoms with Gasteiger partial charge in [-0.05, 0) is 51.2 Å². The van der Waals surface area contributed by atoms with Crippen LogP contribution in [0.4, 0.5) is 4.79 Å². The van der Waals surface area contributed by atoms with Crippen LogP contribution in [-0.4, -0.2) is 61.7 Å². The lowest BCUT2D eigenvalue weighted by atomic mass is 9.87. The highest BCUT2D eigenvalue weighted by Crippen LogP contribution is 2.30. The zero-order valence-corrected chi connectivity index (χ0v) is 19.1. The van der Waals surface area contributed by atoms with Gasteiger partial charge in [0.05, 0.1) is 23.4 Å². The van der Waals surface area contributed by atoms with Gasteiger partial charge in [0.15, 0.2) is 0 Å². The third-order valence-corrected chi connectivity index (χ3v) is 5.69. The molecule has 0 spiro atoms. The van der Waals surface area contributed by atoms with E-state index in [4.69, 9.17) is 9.47 Å². The highest BCUT2D eigenvalue weighted by Gasteiger charge is 2.28. The number of carbonyl (C=O) groups excluding carboxylic acids is 1. The summed E-state index contributed by atoms with van der Waals surface area (Å²) in [6.45, 7) is 4.48. The molecule has 10 nitrogen and oxygen atoms in total. The maximum absolute atomic E-state index is 12.1. The Labute approximate surface area is 187 Å². The smallest absolute Gasteiger partial charge is 0.409 e. The summed E-state index contributed by atoms with van der Waals surface area (Å²) in [4.78, 5) is 29.6. The Bertz CT molecular complexity index is 960. The van der Waals surface area contributed by atoms with Crippen molar-refractivity contribution in [1.29, 1.82) is 0 Å². The standard InChI is InChI=1S/C22H31N5O5/c1-5-11-26(3)22(30)31-13-18-20(24-25-27(18)4)17-9-10-19(14(2)23-17)32-16-8-6-7-15(12-16)21(28)29/h9-10,15-16H,5-8,11-13H2,1-4H3,(H,28,29). The molecule has 2 atom stereocenters. The second kappa shape index (κ2) is 10.4. The van der Waals surface area contributed by atoms with Gasteiger partial charge < -0.3 is 19.5 Å². The minimum Gasteiger partial charge on any atom is -0.489 e. The molecule has 2 aromatic heterocycles. The van der Waals surface area contributed by atoms with Crippen molar-refractivity contribution in [3.05, 3.63) is 23.5 Å². The average Bonchev–Trinajstić information content (AvgIpc) is 3.14.